The van der Waals surface area contributed by atoms with Gasteiger partial charge in [0.25, 0.3) is 0 Å². The van der Waals surface area contributed by atoms with Crippen LogP contribution in [0.1, 0.15) is 37.3 Å². The van der Waals surface area contributed by atoms with Gasteiger partial charge in [-0.05, 0) is 51.9 Å². The van der Waals surface area contributed by atoms with Gasteiger partial charge in [-0.1, -0.05) is 19.9 Å². The predicted octanol–water partition coefficient (Wildman–Crippen LogP) is 3.64. The van der Waals surface area contributed by atoms with Crippen molar-refractivity contribution in [3.8, 4) is 0 Å². The molecule has 3 heteroatoms. The van der Waals surface area contributed by atoms with E-state index in [1.807, 2.05) is 12.1 Å². The summed E-state index contributed by atoms with van der Waals surface area (Å²) in [5.74, 6) is 0.183. The van der Waals surface area contributed by atoms with Crippen molar-refractivity contribution in [2.45, 2.75) is 32.6 Å². The lowest BCUT2D eigenvalue weighted by Crippen LogP contribution is -1.98. The van der Waals surface area contributed by atoms with Crippen LogP contribution >= 0.6 is 15.9 Å². The number of aliphatic hydroxyl groups is 1. The summed E-state index contributed by atoms with van der Waals surface area (Å²) in [6, 6.07) is 3.71. The molecule has 1 aromatic carbocycles. The highest BCUT2D eigenvalue weighted by Gasteiger charge is 2.10. The molecule has 15 heavy (non-hydrogen) atoms. The number of rotatable bonds is 4. The number of hydrogen-bond donors (Lipinski definition) is 1. The second kappa shape index (κ2) is 5.61. The van der Waals surface area contributed by atoms with Crippen molar-refractivity contribution in [2.75, 3.05) is 6.61 Å². The predicted molar refractivity (Wildman–Crippen MR) is 63.6 cm³/mol. The van der Waals surface area contributed by atoms with Gasteiger partial charge in [-0.2, -0.15) is 0 Å². The molecule has 0 unspecified atom stereocenters. The number of aryl methyl sites for hydroxylation is 1. The van der Waals surface area contributed by atoms with Gasteiger partial charge in [0.15, 0.2) is 0 Å². The molecule has 0 aliphatic carbocycles. The molecule has 0 aromatic heterocycles. The van der Waals surface area contributed by atoms with E-state index in [9.17, 15) is 4.39 Å². The van der Waals surface area contributed by atoms with Gasteiger partial charge in [-0.25, -0.2) is 4.39 Å². The first-order valence-electron chi connectivity index (χ1n) is 5.15. The van der Waals surface area contributed by atoms with Crippen LogP contribution in [0.15, 0.2) is 16.6 Å². The summed E-state index contributed by atoms with van der Waals surface area (Å²) in [6.07, 6.45) is 1.19. The van der Waals surface area contributed by atoms with Gasteiger partial charge in [0.2, 0.25) is 0 Å². The molecule has 0 aliphatic heterocycles. The average Bonchev–Trinajstić information content (AvgIpc) is 2.19. The number of benzene rings is 1. The zero-order valence-corrected chi connectivity index (χ0v) is 10.6. The van der Waals surface area contributed by atoms with E-state index < -0.39 is 0 Å². The zero-order chi connectivity index (χ0) is 11.4. The van der Waals surface area contributed by atoms with Crippen molar-refractivity contribution < 1.29 is 9.50 Å². The minimum atomic E-state index is -0.201. The average molecular weight is 275 g/mol. The van der Waals surface area contributed by atoms with Crippen LogP contribution in [0.5, 0.6) is 0 Å². The largest absolute Gasteiger partial charge is 0.396 e. The molecule has 0 aliphatic rings. The summed E-state index contributed by atoms with van der Waals surface area (Å²) >= 11 is 3.22. The van der Waals surface area contributed by atoms with Crippen LogP contribution in [0.4, 0.5) is 4.39 Å². The summed E-state index contributed by atoms with van der Waals surface area (Å²) in [7, 11) is 0. The van der Waals surface area contributed by atoms with Crippen LogP contribution in [-0.4, -0.2) is 11.7 Å². The maximum atomic E-state index is 13.6. The smallest absolute Gasteiger partial charge is 0.140 e. The Hall–Kier alpha value is -0.410. The summed E-state index contributed by atoms with van der Waals surface area (Å²) in [6.45, 7) is 4.26. The molecule has 1 aromatic rings. The number of hydrogen-bond acceptors (Lipinski definition) is 1. The highest BCUT2D eigenvalue weighted by Crippen LogP contribution is 2.26. The van der Waals surface area contributed by atoms with Crippen molar-refractivity contribution in [2.24, 2.45) is 0 Å². The van der Waals surface area contributed by atoms with Gasteiger partial charge >= 0.3 is 0 Å². The number of aliphatic hydroxyl groups excluding tert-OH is 1. The molecule has 0 atom stereocenters. The lowest BCUT2D eigenvalue weighted by atomic mass is 9.98. The molecule has 0 spiro atoms. The van der Waals surface area contributed by atoms with Crippen LogP contribution < -0.4 is 0 Å². The van der Waals surface area contributed by atoms with E-state index in [4.69, 9.17) is 5.11 Å². The summed E-state index contributed by atoms with van der Waals surface area (Å²) in [5.41, 5.74) is 1.80. The van der Waals surface area contributed by atoms with Crippen LogP contribution in [0.2, 0.25) is 0 Å². The zero-order valence-electron chi connectivity index (χ0n) is 9.06. The molecule has 0 bridgehead atoms. The first kappa shape index (κ1) is 12.7. The van der Waals surface area contributed by atoms with E-state index in [2.05, 4.69) is 29.8 Å². The molecular weight excluding hydrogens is 259 g/mol. The molecule has 1 rings (SSSR count). The third kappa shape index (κ3) is 3.28. The summed E-state index contributed by atoms with van der Waals surface area (Å²) in [4.78, 5) is 0. The lowest BCUT2D eigenvalue weighted by molar-refractivity contribution is 0.288. The molecule has 0 saturated carbocycles. The Bertz CT molecular complexity index is 337. The molecule has 1 nitrogen and oxygen atoms in total. The first-order chi connectivity index (χ1) is 7.06. The standard InChI is InChI=1S/C12H16BrFO/c1-8(2)10-6-9(4-3-5-15)12(14)11(13)7-10/h6-8,15H,3-5H2,1-2H3. The molecule has 0 saturated heterocycles. The fourth-order valence-electron chi connectivity index (χ4n) is 1.45. The second-order valence-electron chi connectivity index (χ2n) is 3.96. The third-order valence-corrected chi connectivity index (χ3v) is 2.97. The third-order valence-electron chi connectivity index (χ3n) is 2.40. The van der Waals surface area contributed by atoms with Crippen LogP contribution in [0.25, 0.3) is 0 Å². The van der Waals surface area contributed by atoms with Crippen molar-refractivity contribution in [1.29, 1.82) is 0 Å². The Morgan fingerprint density at radius 3 is 2.60 bits per heavy atom. The molecule has 1 N–H and O–H groups in total. The Morgan fingerprint density at radius 1 is 1.40 bits per heavy atom. The fraction of sp³-hybridized carbons (Fsp3) is 0.500. The van der Waals surface area contributed by atoms with Gasteiger partial charge in [0.1, 0.15) is 5.82 Å². The number of halogens is 2. The quantitative estimate of drug-likeness (QED) is 0.889. The van der Waals surface area contributed by atoms with E-state index in [0.717, 1.165) is 5.56 Å². The monoisotopic (exact) mass is 274 g/mol. The van der Waals surface area contributed by atoms with Gasteiger partial charge in [-0.3, -0.25) is 0 Å². The Kier molecular flexibility index (Phi) is 4.74. The van der Waals surface area contributed by atoms with E-state index in [0.29, 0.717) is 28.8 Å². The normalized spacial score (nSPS) is 11.1. The van der Waals surface area contributed by atoms with Gasteiger partial charge in [0.05, 0.1) is 4.47 Å². The molecular formula is C12H16BrFO. The topological polar surface area (TPSA) is 20.2 Å². The highest BCUT2D eigenvalue weighted by molar-refractivity contribution is 9.10. The molecule has 0 fully saturated rings. The van der Waals surface area contributed by atoms with E-state index >= 15 is 0 Å². The van der Waals surface area contributed by atoms with Crippen LogP contribution in [0, 0.1) is 5.82 Å². The van der Waals surface area contributed by atoms with Crippen molar-refractivity contribution in [1.82, 2.24) is 0 Å². The Morgan fingerprint density at radius 2 is 2.07 bits per heavy atom. The van der Waals surface area contributed by atoms with Crippen LogP contribution in [-0.2, 0) is 6.42 Å². The first-order valence-corrected chi connectivity index (χ1v) is 5.94. The van der Waals surface area contributed by atoms with Crippen molar-refractivity contribution in [3.05, 3.63) is 33.5 Å². The van der Waals surface area contributed by atoms with Crippen LogP contribution in [0.3, 0.4) is 0 Å². The molecule has 84 valence electrons. The Labute approximate surface area is 98.4 Å². The maximum absolute atomic E-state index is 13.6. The van der Waals surface area contributed by atoms with E-state index in [-0.39, 0.29) is 12.4 Å². The SMILES string of the molecule is CC(C)c1cc(Br)c(F)c(CCCO)c1. The van der Waals surface area contributed by atoms with Crippen molar-refractivity contribution in [3.63, 3.8) is 0 Å². The summed E-state index contributed by atoms with van der Waals surface area (Å²) in [5, 5.41) is 8.73. The second-order valence-corrected chi connectivity index (χ2v) is 4.81. The molecule has 0 radical (unpaired) electrons. The molecule has 0 amide bonds. The summed E-state index contributed by atoms with van der Waals surface area (Å²) < 4.78 is 14.2. The van der Waals surface area contributed by atoms with E-state index in [1.165, 1.54) is 0 Å². The lowest BCUT2D eigenvalue weighted by Gasteiger charge is -2.11. The Balaban J connectivity index is 3.02. The van der Waals surface area contributed by atoms with E-state index in [1.54, 1.807) is 0 Å². The van der Waals surface area contributed by atoms with Gasteiger partial charge in [0, 0.05) is 6.61 Å². The van der Waals surface area contributed by atoms with Gasteiger partial charge < -0.3 is 5.11 Å². The van der Waals surface area contributed by atoms with Gasteiger partial charge in [-0.15, -0.1) is 0 Å². The minimum absolute atomic E-state index is 0.100. The minimum Gasteiger partial charge on any atom is -0.396 e. The molecule has 0 heterocycles. The maximum Gasteiger partial charge on any atom is 0.140 e. The van der Waals surface area contributed by atoms with Crippen molar-refractivity contribution >= 4 is 15.9 Å². The highest BCUT2D eigenvalue weighted by atomic mass is 79.9. The fourth-order valence-corrected chi connectivity index (χ4v) is 1.97.